The van der Waals surface area contributed by atoms with Crippen LogP contribution in [0.4, 0.5) is 11.6 Å². The SMILES string of the molecule is CCCc1nc(NCC)cc(N2CCCC2C(=O)NC)n1. The van der Waals surface area contributed by atoms with E-state index < -0.39 is 0 Å². The first kappa shape index (κ1) is 15.5. The zero-order chi connectivity index (χ0) is 15.2. The second-order valence-corrected chi connectivity index (χ2v) is 5.27. The Morgan fingerprint density at radius 3 is 2.90 bits per heavy atom. The van der Waals surface area contributed by atoms with Crippen LogP contribution in [-0.4, -0.2) is 42.1 Å². The molecule has 1 atom stereocenters. The van der Waals surface area contributed by atoms with Crippen LogP contribution >= 0.6 is 0 Å². The number of rotatable bonds is 6. The molecule has 1 aromatic rings. The molecule has 0 bridgehead atoms. The highest BCUT2D eigenvalue weighted by Gasteiger charge is 2.31. The molecule has 21 heavy (non-hydrogen) atoms. The Bertz CT molecular complexity index is 467. The van der Waals surface area contributed by atoms with E-state index in [0.717, 1.165) is 56.2 Å². The minimum Gasteiger partial charge on any atom is -0.370 e. The van der Waals surface area contributed by atoms with E-state index >= 15 is 0 Å². The molecule has 0 saturated carbocycles. The highest BCUT2D eigenvalue weighted by Crippen LogP contribution is 2.26. The third-order valence-electron chi connectivity index (χ3n) is 3.69. The van der Waals surface area contributed by atoms with Gasteiger partial charge in [0.15, 0.2) is 0 Å². The molecule has 1 unspecified atom stereocenters. The molecule has 1 saturated heterocycles. The standard InChI is InChI=1S/C15H25N5O/c1-4-7-12-18-13(17-5-2)10-14(19-12)20-9-6-8-11(20)15(21)16-3/h10-11H,4-9H2,1-3H3,(H,16,21)(H,17,18,19). The van der Waals surface area contributed by atoms with Gasteiger partial charge in [-0.25, -0.2) is 9.97 Å². The van der Waals surface area contributed by atoms with Crippen LogP contribution in [0.15, 0.2) is 6.07 Å². The largest absolute Gasteiger partial charge is 0.370 e. The van der Waals surface area contributed by atoms with Crippen LogP contribution < -0.4 is 15.5 Å². The van der Waals surface area contributed by atoms with Crippen LogP contribution in [0.1, 0.15) is 38.9 Å². The van der Waals surface area contributed by atoms with E-state index in [1.54, 1.807) is 7.05 Å². The van der Waals surface area contributed by atoms with Crippen molar-refractivity contribution < 1.29 is 4.79 Å². The number of aryl methyl sites for hydroxylation is 1. The summed E-state index contributed by atoms with van der Waals surface area (Å²) in [4.78, 5) is 23.3. The van der Waals surface area contributed by atoms with E-state index in [1.807, 2.05) is 13.0 Å². The van der Waals surface area contributed by atoms with E-state index in [-0.39, 0.29) is 11.9 Å². The number of aromatic nitrogens is 2. The average Bonchev–Trinajstić information content (AvgIpc) is 2.96. The predicted molar refractivity (Wildman–Crippen MR) is 84.6 cm³/mol. The number of nitrogens with zero attached hydrogens (tertiary/aromatic N) is 3. The normalized spacial score (nSPS) is 17.9. The molecule has 0 aliphatic carbocycles. The molecule has 0 radical (unpaired) electrons. The first-order valence-corrected chi connectivity index (χ1v) is 7.79. The lowest BCUT2D eigenvalue weighted by Gasteiger charge is -2.25. The lowest BCUT2D eigenvalue weighted by molar-refractivity contribution is -0.121. The molecular weight excluding hydrogens is 266 g/mol. The fourth-order valence-electron chi connectivity index (χ4n) is 2.72. The van der Waals surface area contributed by atoms with Crippen molar-refractivity contribution in [3.8, 4) is 0 Å². The van der Waals surface area contributed by atoms with Crippen molar-refractivity contribution in [3.05, 3.63) is 11.9 Å². The van der Waals surface area contributed by atoms with E-state index in [0.29, 0.717) is 0 Å². The minimum absolute atomic E-state index is 0.0631. The first-order chi connectivity index (χ1) is 10.2. The Hall–Kier alpha value is -1.85. The predicted octanol–water partition coefficient (Wildman–Crippen LogP) is 1.58. The number of carbonyl (C=O) groups excluding carboxylic acids is 1. The lowest BCUT2D eigenvalue weighted by atomic mass is 10.2. The van der Waals surface area contributed by atoms with Crippen LogP contribution in [-0.2, 0) is 11.2 Å². The summed E-state index contributed by atoms with van der Waals surface area (Å²) in [5, 5.41) is 6.00. The maximum Gasteiger partial charge on any atom is 0.242 e. The van der Waals surface area contributed by atoms with E-state index in [1.165, 1.54) is 0 Å². The monoisotopic (exact) mass is 291 g/mol. The van der Waals surface area contributed by atoms with Crippen molar-refractivity contribution in [2.75, 3.05) is 30.4 Å². The van der Waals surface area contributed by atoms with Crippen molar-refractivity contribution >= 4 is 17.5 Å². The Morgan fingerprint density at radius 1 is 1.43 bits per heavy atom. The number of anilines is 2. The topological polar surface area (TPSA) is 70.2 Å². The molecule has 1 amide bonds. The van der Waals surface area contributed by atoms with Crippen molar-refractivity contribution in [2.24, 2.45) is 0 Å². The van der Waals surface area contributed by atoms with E-state index in [9.17, 15) is 4.79 Å². The summed E-state index contributed by atoms with van der Waals surface area (Å²) in [6.45, 7) is 5.85. The Morgan fingerprint density at radius 2 is 2.24 bits per heavy atom. The van der Waals surface area contributed by atoms with Crippen LogP contribution in [0.2, 0.25) is 0 Å². The molecule has 2 rings (SSSR count). The van der Waals surface area contributed by atoms with Gasteiger partial charge >= 0.3 is 0 Å². The fourth-order valence-corrected chi connectivity index (χ4v) is 2.72. The molecule has 1 fully saturated rings. The Kier molecular flexibility index (Phi) is 5.36. The molecule has 1 aliphatic heterocycles. The zero-order valence-corrected chi connectivity index (χ0v) is 13.1. The van der Waals surface area contributed by atoms with Gasteiger partial charge in [0.25, 0.3) is 0 Å². The number of amides is 1. The van der Waals surface area contributed by atoms with Gasteiger partial charge in [0.2, 0.25) is 5.91 Å². The van der Waals surface area contributed by atoms with Crippen LogP contribution in [0, 0.1) is 0 Å². The highest BCUT2D eigenvalue weighted by molar-refractivity contribution is 5.85. The lowest BCUT2D eigenvalue weighted by Crippen LogP contribution is -2.42. The van der Waals surface area contributed by atoms with Gasteiger partial charge in [0.1, 0.15) is 23.5 Å². The van der Waals surface area contributed by atoms with E-state index in [2.05, 4.69) is 32.4 Å². The van der Waals surface area contributed by atoms with E-state index in [4.69, 9.17) is 0 Å². The maximum absolute atomic E-state index is 12.0. The molecule has 0 spiro atoms. The molecule has 1 aliphatic rings. The van der Waals surface area contributed by atoms with Crippen molar-refractivity contribution in [2.45, 2.75) is 45.6 Å². The molecule has 6 nitrogen and oxygen atoms in total. The van der Waals surface area contributed by atoms with Gasteiger partial charge in [0, 0.05) is 32.6 Å². The summed E-state index contributed by atoms with van der Waals surface area (Å²) < 4.78 is 0. The molecule has 2 N–H and O–H groups in total. The summed E-state index contributed by atoms with van der Waals surface area (Å²) >= 11 is 0. The van der Waals surface area contributed by atoms with Crippen LogP contribution in [0.25, 0.3) is 0 Å². The van der Waals surface area contributed by atoms with Gasteiger partial charge in [-0.05, 0) is 26.2 Å². The third kappa shape index (κ3) is 3.62. The van der Waals surface area contributed by atoms with Crippen LogP contribution in [0.3, 0.4) is 0 Å². The van der Waals surface area contributed by atoms with Gasteiger partial charge < -0.3 is 15.5 Å². The summed E-state index contributed by atoms with van der Waals surface area (Å²) in [7, 11) is 1.69. The summed E-state index contributed by atoms with van der Waals surface area (Å²) in [5.74, 6) is 2.60. The third-order valence-corrected chi connectivity index (χ3v) is 3.69. The summed E-state index contributed by atoms with van der Waals surface area (Å²) in [6.07, 6.45) is 3.75. The van der Waals surface area contributed by atoms with Crippen molar-refractivity contribution in [3.63, 3.8) is 0 Å². The number of hydrogen-bond acceptors (Lipinski definition) is 5. The van der Waals surface area contributed by atoms with Gasteiger partial charge in [-0.2, -0.15) is 0 Å². The van der Waals surface area contributed by atoms with Gasteiger partial charge in [0.05, 0.1) is 0 Å². The summed E-state index contributed by atoms with van der Waals surface area (Å²) in [5.41, 5.74) is 0. The first-order valence-electron chi connectivity index (χ1n) is 7.79. The molecule has 2 heterocycles. The molecule has 116 valence electrons. The van der Waals surface area contributed by atoms with Gasteiger partial charge in [-0.15, -0.1) is 0 Å². The number of hydrogen-bond donors (Lipinski definition) is 2. The number of nitrogens with one attached hydrogen (secondary N) is 2. The number of carbonyl (C=O) groups is 1. The molecule has 1 aromatic heterocycles. The molecule has 0 aromatic carbocycles. The van der Waals surface area contributed by atoms with Gasteiger partial charge in [-0.3, -0.25) is 4.79 Å². The second kappa shape index (κ2) is 7.24. The van der Waals surface area contributed by atoms with Crippen molar-refractivity contribution in [1.29, 1.82) is 0 Å². The Labute approximate surface area is 126 Å². The minimum atomic E-state index is -0.117. The Balaban J connectivity index is 2.30. The number of likely N-dealkylation sites (N-methyl/N-ethyl adjacent to an activating group) is 1. The fraction of sp³-hybridized carbons (Fsp3) is 0.667. The second-order valence-electron chi connectivity index (χ2n) is 5.27. The maximum atomic E-state index is 12.0. The quantitative estimate of drug-likeness (QED) is 0.832. The summed E-state index contributed by atoms with van der Waals surface area (Å²) in [6, 6.07) is 1.83. The molecular formula is C15H25N5O. The highest BCUT2D eigenvalue weighted by atomic mass is 16.2. The molecule has 6 heteroatoms. The average molecular weight is 291 g/mol. The zero-order valence-electron chi connectivity index (χ0n) is 13.1. The van der Waals surface area contributed by atoms with Crippen molar-refractivity contribution in [1.82, 2.24) is 15.3 Å². The van der Waals surface area contributed by atoms with Crippen LogP contribution in [0.5, 0.6) is 0 Å². The smallest absolute Gasteiger partial charge is 0.242 e. The van der Waals surface area contributed by atoms with Gasteiger partial charge in [-0.1, -0.05) is 6.92 Å².